The summed E-state index contributed by atoms with van der Waals surface area (Å²) in [6.45, 7) is 7.02. The summed E-state index contributed by atoms with van der Waals surface area (Å²) in [4.78, 5) is 17.4. The lowest BCUT2D eigenvalue weighted by Crippen LogP contribution is -2.48. The molecule has 1 aromatic carbocycles. The number of fused-ring (bicyclic) bond motifs is 2. The number of rotatable bonds is 4. The van der Waals surface area contributed by atoms with E-state index in [1.54, 1.807) is 6.26 Å². The number of amides is 1. The molecule has 3 aromatic rings. The van der Waals surface area contributed by atoms with Crippen LogP contribution in [-0.4, -0.2) is 53.2 Å². The van der Waals surface area contributed by atoms with E-state index in [-0.39, 0.29) is 5.91 Å². The number of piperazine rings is 1. The maximum absolute atomic E-state index is 13.1. The molecule has 1 saturated heterocycles. The minimum atomic E-state index is 0.0796. The molecular weight excluding hydrogens is 358 g/mol. The second-order valence-corrected chi connectivity index (χ2v) is 7.21. The highest BCUT2D eigenvalue weighted by atomic mass is 16.7. The number of nitrogens with zero attached hydrogens (tertiary/aromatic N) is 3. The van der Waals surface area contributed by atoms with Gasteiger partial charge in [-0.25, -0.2) is 0 Å². The molecule has 0 saturated carbocycles. The molecule has 1 fully saturated rings. The van der Waals surface area contributed by atoms with Gasteiger partial charge in [-0.3, -0.25) is 9.69 Å². The van der Waals surface area contributed by atoms with E-state index in [4.69, 9.17) is 13.9 Å². The van der Waals surface area contributed by atoms with Gasteiger partial charge < -0.3 is 23.4 Å². The molecule has 7 nitrogen and oxygen atoms in total. The summed E-state index contributed by atoms with van der Waals surface area (Å²) >= 11 is 0. The van der Waals surface area contributed by atoms with Gasteiger partial charge in [-0.05, 0) is 36.8 Å². The van der Waals surface area contributed by atoms with E-state index >= 15 is 0 Å². The number of ether oxygens (including phenoxy) is 2. The number of aromatic nitrogens is 1. The number of carbonyl (C=O) groups excluding carboxylic acids is 1. The Morgan fingerprint density at radius 3 is 2.68 bits per heavy atom. The van der Waals surface area contributed by atoms with Crippen LogP contribution in [0.15, 0.2) is 41.0 Å². The Labute approximate surface area is 163 Å². The summed E-state index contributed by atoms with van der Waals surface area (Å²) in [5.41, 5.74) is 2.68. The Hall–Kier alpha value is -2.93. The molecule has 5 rings (SSSR count). The van der Waals surface area contributed by atoms with E-state index in [1.165, 1.54) is 5.56 Å². The summed E-state index contributed by atoms with van der Waals surface area (Å²) in [6.07, 6.45) is 1.67. The van der Waals surface area contributed by atoms with E-state index in [0.717, 1.165) is 55.3 Å². The van der Waals surface area contributed by atoms with E-state index in [1.807, 2.05) is 40.7 Å². The minimum Gasteiger partial charge on any atom is -0.454 e. The summed E-state index contributed by atoms with van der Waals surface area (Å²) in [6, 6.07) is 9.93. The summed E-state index contributed by atoms with van der Waals surface area (Å²) in [5.74, 6) is 1.70. The zero-order chi connectivity index (χ0) is 19.1. The van der Waals surface area contributed by atoms with Gasteiger partial charge in [0.25, 0.3) is 5.91 Å². The van der Waals surface area contributed by atoms with Crippen LogP contribution in [0.3, 0.4) is 0 Å². The Morgan fingerprint density at radius 2 is 1.86 bits per heavy atom. The zero-order valence-electron chi connectivity index (χ0n) is 15.9. The zero-order valence-corrected chi connectivity index (χ0v) is 15.9. The number of hydrogen-bond donors (Lipinski definition) is 0. The average molecular weight is 381 g/mol. The van der Waals surface area contributed by atoms with Gasteiger partial charge in [-0.1, -0.05) is 6.07 Å². The van der Waals surface area contributed by atoms with Gasteiger partial charge in [0.05, 0.1) is 6.26 Å². The van der Waals surface area contributed by atoms with Crippen LogP contribution in [0.5, 0.6) is 11.5 Å². The predicted octanol–water partition coefficient (Wildman–Crippen LogP) is 2.94. The van der Waals surface area contributed by atoms with Crippen molar-refractivity contribution in [2.75, 3.05) is 33.0 Å². The molecule has 0 atom stereocenters. The molecular formula is C21H23N3O4. The van der Waals surface area contributed by atoms with Gasteiger partial charge in [0, 0.05) is 44.7 Å². The van der Waals surface area contributed by atoms with E-state index < -0.39 is 0 Å². The third-order valence-electron chi connectivity index (χ3n) is 5.54. The first kappa shape index (κ1) is 17.2. The third kappa shape index (κ3) is 2.92. The summed E-state index contributed by atoms with van der Waals surface area (Å²) in [7, 11) is 0. The van der Waals surface area contributed by atoms with Crippen LogP contribution in [-0.2, 0) is 13.1 Å². The quantitative estimate of drug-likeness (QED) is 0.695. The van der Waals surface area contributed by atoms with Crippen molar-refractivity contribution in [2.24, 2.45) is 0 Å². The van der Waals surface area contributed by atoms with Crippen LogP contribution >= 0.6 is 0 Å². The average Bonchev–Trinajstić information content (AvgIpc) is 3.43. The van der Waals surface area contributed by atoms with Crippen molar-refractivity contribution in [1.82, 2.24) is 14.4 Å². The molecule has 4 heterocycles. The van der Waals surface area contributed by atoms with E-state index in [0.29, 0.717) is 19.0 Å². The smallest absolute Gasteiger partial charge is 0.270 e. The third-order valence-corrected chi connectivity index (χ3v) is 5.54. The van der Waals surface area contributed by atoms with Crippen molar-refractivity contribution < 1.29 is 18.7 Å². The van der Waals surface area contributed by atoms with Crippen LogP contribution in [0, 0.1) is 0 Å². The minimum absolute atomic E-state index is 0.0796. The van der Waals surface area contributed by atoms with Crippen molar-refractivity contribution in [2.45, 2.75) is 20.0 Å². The van der Waals surface area contributed by atoms with Crippen LogP contribution in [0.2, 0.25) is 0 Å². The summed E-state index contributed by atoms with van der Waals surface area (Å²) < 4.78 is 18.3. The highest BCUT2D eigenvalue weighted by Crippen LogP contribution is 2.33. The van der Waals surface area contributed by atoms with Crippen LogP contribution in [0.1, 0.15) is 23.0 Å². The number of benzene rings is 1. The Balaban J connectivity index is 1.24. The highest BCUT2D eigenvalue weighted by molar-refractivity contribution is 5.97. The molecule has 0 spiro atoms. The maximum Gasteiger partial charge on any atom is 0.270 e. The van der Waals surface area contributed by atoms with Crippen LogP contribution < -0.4 is 9.47 Å². The predicted molar refractivity (Wildman–Crippen MR) is 104 cm³/mol. The first-order valence-corrected chi connectivity index (χ1v) is 9.70. The SMILES string of the molecule is CCn1c(C(=O)N2CCN(Cc3ccc4c(c3)OCO4)CC2)cc2ccoc21. The molecule has 7 heteroatoms. The fraction of sp³-hybridized carbons (Fsp3) is 0.381. The highest BCUT2D eigenvalue weighted by Gasteiger charge is 2.26. The lowest BCUT2D eigenvalue weighted by Gasteiger charge is -2.34. The van der Waals surface area contributed by atoms with Crippen LogP contribution in [0.25, 0.3) is 11.1 Å². The fourth-order valence-electron chi connectivity index (χ4n) is 4.03. The fourth-order valence-corrected chi connectivity index (χ4v) is 4.03. The molecule has 2 aliphatic heterocycles. The summed E-state index contributed by atoms with van der Waals surface area (Å²) in [5, 5.41) is 0.978. The molecule has 0 N–H and O–H groups in total. The Morgan fingerprint density at radius 1 is 1.04 bits per heavy atom. The second kappa shape index (κ2) is 6.91. The first-order valence-electron chi connectivity index (χ1n) is 9.70. The van der Waals surface area contributed by atoms with Gasteiger partial charge in [0.1, 0.15) is 5.69 Å². The van der Waals surface area contributed by atoms with Gasteiger partial charge in [-0.2, -0.15) is 0 Å². The first-order chi connectivity index (χ1) is 13.7. The number of furan rings is 1. The normalized spacial score (nSPS) is 16.8. The van der Waals surface area contributed by atoms with Gasteiger partial charge in [0.15, 0.2) is 11.5 Å². The van der Waals surface area contributed by atoms with E-state index in [2.05, 4.69) is 11.0 Å². The molecule has 0 bridgehead atoms. The molecule has 0 aliphatic carbocycles. The lowest BCUT2D eigenvalue weighted by atomic mass is 10.1. The van der Waals surface area contributed by atoms with Crippen molar-refractivity contribution in [1.29, 1.82) is 0 Å². The standard InChI is InChI=1S/C21H23N3O4/c1-2-24-17(12-16-5-10-26-21(16)24)20(25)23-8-6-22(7-9-23)13-15-3-4-18-19(11-15)28-14-27-18/h3-5,10-12H,2,6-9,13-14H2,1H3. The molecule has 28 heavy (non-hydrogen) atoms. The largest absolute Gasteiger partial charge is 0.454 e. The number of hydrogen-bond acceptors (Lipinski definition) is 5. The topological polar surface area (TPSA) is 60.1 Å². The molecule has 1 amide bonds. The van der Waals surface area contributed by atoms with Crippen molar-refractivity contribution in [3.63, 3.8) is 0 Å². The molecule has 2 aromatic heterocycles. The molecule has 146 valence electrons. The maximum atomic E-state index is 13.1. The Bertz CT molecular complexity index is 1010. The lowest BCUT2D eigenvalue weighted by molar-refractivity contribution is 0.0618. The van der Waals surface area contributed by atoms with E-state index in [9.17, 15) is 4.79 Å². The second-order valence-electron chi connectivity index (χ2n) is 7.21. The van der Waals surface area contributed by atoms with Gasteiger partial charge in [0.2, 0.25) is 12.5 Å². The van der Waals surface area contributed by atoms with Crippen molar-refractivity contribution in [3.8, 4) is 11.5 Å². The van der Waals surface area contributed by atoms with Gasteiger partial charge in [-0.15, -0.1) is 0 Å². The molecule has 0 unspecified atom stereocenters. The van der Waals surface area contributed by atoms with Crippen LogP contribution in [0.4, 0.5) is 0 Å². The number of aryl methyl sites for hydroxylation is 1. The van der Waals surface area contributed by atoms with Crippen molar-refractivity contribution >= 4 is 17.0 Å². The van der Waals surface area contributed by atoms with Gasteiger partial charge >= 0.3 is 0 Å². The van der Waals surface area contributed by atoms with Crippen molar-refractivity contribution in [3.05, 3.63) is 47.9 Å². The molecule has 2 aliphatic rings. The molecule has 0 radical (unpaired) electrons. The number of carbonyl (C=O) groups is 1. The monoisotopic (exact) mass is 381 g/mol. The Kier molecular flexibility index (Phi) is 4.24.